The molecule has 2 aromatic rings. The van der Waals surface area contributed by atoms with Gasteiger partial charge in [0, 0.05) is 11.4 Å². The molecule has 2 aromatic carbocycles. The van der Waals surface area contributed by atoms with Gasteiger partial charge in [-0.2, -0.15) is 0 Å². The Kier molecular flexibility index (Phi) is 3.93. The molecule has 0 unspecified atom stereocenters. The summed E-state index contributed by atoms with van der Waals surface area (Å²) in [5.74, 6) is -0.240. The van der Waals surface area contributed by atoms with Crippen molar-refractivity contribution in [1.82, 2.24) is 0 Å². The van der Waals surface area contributed by atoms with Crippen molar-refractivity contribution in [1.29, 1.82) is 0 Å². The van der Waals surface area contributed by atoms with E-state index in [1.165, 1.54) is 17.7 Å². The molecule has 0 spiro atoms. The van der Waals surface area contributed by atoms with Crippen molar-refractivity contribution in [3.8, 4) is 0 Å². The Hall–Kier alpha value is -2.09. The largest absolute Gasteiger partial charge is 0.356 e. The third-order valence-electron chi connectivity index (χ3n) is 3.24. The Bertz CT molecular complexity index is 589. The van der Waals surface area contributed by atoms with Crippen molar-refractivity contribution in [2.45, 2.75) is 26.2 Å². The van der Waals surface area contributed by atoms with Crippen LogP contribution < -0.4 is 5.32 Å². The van der Waals surface area contributed by atoms with Gasteiger partial charge in [-0.05, 0) is 40.8 Å². The van der Waals surface area contributed by atoms with E-state index in [4.69, 9.17) is 0 Å². The summed E-state index contributed by atoms with van der Waals surface area (Å²) in [5, 5.41) is 3.18. The van der Waals surface area contributed by atoms with Gasteiger partial charge >= 0.3 is 0 Å². The molecule has 0 fully saturated rings. The lowest BCUT2D eigenvalue weighted by atomic mass is 9.86. The highest BCUT2D eigenvalue weighted by molar-refractivity contribution is 5.75. The molecule has 0 atom stereocenters. The van der Waals surface area contributed by atoms with E-state index in [0.717, 1.165) is 16.9 Å². The molecule has 0 radical (unpaired) electrons. The summed E-state index contributed by atoms with van der Waals surface area (Å²) >= 11 is 0. The molecule has 1 nitrogen and oxygen atoms in total. The minimum absolute atomic E-state index is 0.143. The van der Waals surface area contributed by atoms with Crippen LogP contribution in [0.4, 0.5) is 10.1 Å². The van der Waals surface area contributed by atoms with Crippen LogP contribution in [-0.4, -0.2) is 0 Å². The number of benzene rings is 2. The zero-order valence-corrected chi connectivity index (χ0v) is 12.2. The summed E-state index contributed by atoms with van der Waals surface area (Å²) in [4.78, 5) is 0. The predicted molar refractivity (Wildman–Crippen MR) is 84.2 cm³/mol. The van der Waals surface area contributed by atoms with E-state index in [1.54, 1.807) is 12.1 Å². The molecular formula is C18H20FN. The van der Waals surface area contributed by atoms with E-state index in [0.29, 0.717) is 0 Å². The number of halogens is 1. The van der Waals surface area contributed by atoms with E-state index < -0.39 is 0 Å². The summed E-state index contributed by atoms with van der Waals surface area (Å²) in [6.45, 7) is 10.6. The highest BCUT2D eigenvalue weighted by atomic mass is 19.1. The summed E-state index contributed by atoms with van der Waals surface area (Å²) in [6, 6.07) is 14.6. The molecule has 0 aliphatic carbocycles. The van der Waals surface area contributed by atoms with Gasteiger partial charge in [0.15, 0.2) is 0 Å². The van der Waals surface area contributed by atoms with Crippen LogP contribution in [0.3, 0.4) is 0 Å². The summed E-state index contributed by atoms with van der Waals surface area (Å²) in [6.07, 6.45) is 0. The van der Waals surface area contributed by atoms with Gasteiger partial charge in [-0.1, -0.05) is 51.6 Å². The monoisotopic (exact) mass is 269 g/mol. The van der Waals surface area contributed by atoms with Gasteiger partial charge in [-0.3, -0.25) is 0 Å². The van der Waals surface area contributed by atoms with E-state index in [-0.39, 0.29) is 11.2 Å². The van der Waals surface area contributed by atoms with Gasteiger partial charge in [0.1, 0.15) is 5.82 Å². The quantitative estimate of drug-likeness (QED) is 0.807. The van der Waals surface area contributed by atoms with Gasteiger partial charge in [0.05, 0.1) is 0 Å². The summed E-state index contributed by atoms with van der Waals surface area (Å²) in [7, 11) is 0. The second-order valence-electron chi connectivity index (χ2n) is 5.94. The zero-order valence-electron chi connectivity index (χ0n) is 12.2. The van der Waals surface area contributed by atoms with Gasteiger partial charge in [0.25, 0.3) is 0 Å². The molecule has 0 aliphatic rings. The van der Waals surface area contributed by atoms with Crippen LogP contribution in [0.25, 0.3) is 5.70 Å². The number of hydrogen-bond donors (Lipinski definition) is 1. The lowest BCUT2D eigenvalue weighted by Crippen LogP contribution is -2.10. The van der Waals surface area contributed by atoms with Gasteiger partial charge in [-0.15, -0.1) is 0 Å². The Morgan fingerprint density at radius 2 is 1.50 bits per heavy atom. The first-order valence-electron chi connectivity index (χ1n) is 6.69. The maximum absolute atomic E-state index is 12.9. The van der Waals surface area contributed by atoms with Gasteiger partial charge < -0.3 is 5.32 Å². The van der Waals surface area contributed by atoms with Crippen molar-refractivity contribution in [3.05, 3.63) is 72.1 Å². The number of nitrogens with one attached hydrogen (secondary N) is 1. The number of anilines is 1. The number of hydrogen-bond acceptors (Lipinski definition) is 1. The Balaban J connectivity index is 2.11. The highest BCUT2D eigenvalue weighted by Gasteiger charge is 2.13. The van der Waals surface area contributed by atoms with Crippen LogP contribution in [-0.2, 0) is 5.41 Å². The zero-order chi connectivity index (χ0) is 14.8. The standard InChI is InChI=1S/C18H20FN/c1-13(20-17-11-9-16(19)10-12-17)14-5-7-15(8-6-14)18(2,3)4/h5-12,20H,1H2,2-4H3. The smallest absolute Gasteiger partial charge is 0.123 e. The minimum atomic E-state index is -0.240. The lowest BCUT2D eigenvalue weighted by molar-refractivity contribution is 0.590. The van der Waals surface area contributed by atoms with Crippen molar-refractivity contribution in [3.63, 3.8) is 0 Å². The SMILES string of the molecule is C=C(Nc1ccc(F)cc1)c1ccc(C(C)(C)C)cc1. The molecule has 2 heteroatoms. The van der Waals surface area contributed by atoms with Crippen molar-refractivity contribution in [2.75, 3.05) is 5.32 Å². The first kappa shape index (κ1) is 14.3. The molecule has 0 saturated heterocycles. The van der Waals surface area contributed by atoms with Crippen LogP contribution in [0, 0.1) is 5.82 Å². The average Bonchev–Trinajstić information content (AvgIpc) is 2.40. The lowest BCUT2D eigenvalue weighted by Gasteiger charge is -2.19. The third-order valence-corrected chi connectivity index (χ3v) is 3.24. The first-order chi connectivity index (χ1) is 9.36. The normalized spacial score (nSPS) is 11.2. The fourth-order valence-corrected chi connectivity index (χ4v) is 1.95. The van der Waals surface area contributed by atoms with Gasteiger partial charge in [-0.25, -0.2) is 4.39 Å². The van der Waals surface area contributed by atoms with Crippen molar-refractivity contribution in [2.24, 2.45) is 0 Å². The number of rotatable bonds is 3. The van der Waals surface area contributed by atoms with Crippen LogP contribution in [0.2, 0.25) is 0 Å². The summed E-state index contributed by atoms with van der Waals surface area (Å²) < 4.78 is 12.9. The molecule has 0 amide bonds. The van der Waals surface area contributed by atoms with Crippen LogP contribution in [0.5, 0.6) is 0 Å². The Morgan fingerprint density at radius 3 is 2.00 bits per heavy atom. The third kappa shape index (κ3) is 3.47. The van der Waals surface area contributed by atoms with E-state index in [1.807, 2.05) is 0 Å². The van der Waals surface area contributed by atoms with E-state index >= 15 is 0 Å². The molecule has 104 valence electrons. The molecule has 20 heavy (non-hydrogen) atoms. The van der Waals surface area contributed by atoms with Crippen molar-refractivity contribution < 1.29 is 4.39 Å². The Morgan fingerprint density at radius 1 is 0.950 bits per heavy atom. The van der Waals surface area contributed by atoms with E-state index in [9.17, 15) is 4.39 Å². The molecule has 1 N–H and O–H groups in total. The first-order valence-corrected chi connectivity index (χ1v) is 6.69. The molecule has 0 aromatic heterocycles. The molecule has 0 heterocycles. The molecule has 2 rings (SSSR count). The summed E-state index contributed by atoms with van der Waals surface area (Å²) in [5.41, 5.74) is 4.09. The second kappa shape index (κ2) is 5.49. The predicted octanol–water partition coefficient (Wildman–Crippen LogP) is 5.21. The van der Waals surface area contributed by atoms with Crippen LogP contribution in [0.1, 0.15) is 31.9 Å². The fourth-order valence-electron chi connectivity index (χ4n) is 1.95. The minimum Gasteiger partial charge on any atom is -0.356 e. The maximum atomic E-state index is 12.9. The molecular weight excluding hydrogens is 249 g/mol. The second-order valence-corrected chi connectivity index (χ2v) is 5.94. The van der Waals surface area contributed by atoms with Crippen molar-refractivity contribution >= 4 is 11.4 Å². The highest BCUT2D eigenvalue weighted by Crippen LogP contribution is 2.24. The average molecular weight is 269 g/mol. The van der Waals surface area contributed by atoms with Crippen LogP contribution >= 0.6 is 0 Å². The van der Waals surface area contributed by atoms with Gasteiger partial charge in [0.2, 0.25) is 0 Å². The molecule has 0 bridgehead atoms. The fraction of sp³-hybridized carbons (Fsp3) is 0.222. The molecule has 0 aliphatic heterocycles. The van der Waals surface area contributed by atoms with Crippen LogP contribution in [0.15, 0.2) is 55.1 Å². The Labute approximate surface area is 120 Å². The van der Waals surface area contributed by atoms with E-state index in [2.05, 4.69) is 56.9 Å². The topological polar surface area (TPSA) is 12.0 Å². The maximum Gasteiger partial charge on any atom is 0.123 e. The molecule has 0 saturated carbocycles.